The average Bonchev–Trinajstić information content (AvgIpc) is 2.17. The Morgan fingerprint density at radius 2 is 2.23 bits per heavy atom. The maximum Gasteiger partial charge on any atom is 0.0932 e. The first-order valence-corrected chi connectivity index (χ1v) is 4.22. The van der Waals surface area contributed by atoms with E-state index in [4.69, 9.17) is 0 Å². The van der Waals surface area contributed by atoms with Gasteiger partial charge >= 0.3 is 0 Å². The summed E-state index contributed by atoms with van der Waals surface area (Å²) < 4.78 is 0. The number of aliphatic hydroxyl groups is 1. The molecular formula is C11H10NO. The van der Waals surface area contributed by atoms with Gasteiger partial charge in [-0.3, -0.25) is 4.98 Å². The van der Waals surface area contributed by atoms with Gasteiger partial charge in [-0.15, -0.1) is 0 Å². The van der Waals surface area contributed by atoms with Gasteiger partial charge in [-0.2, -0.15) is 0 Å². The fourth-order valence-corrected chi connectivity index (χ4v) is 1.25. The summed E-state index contributed by atoms with van der Waals surface area (Å²) in [6.07, 6.45) is -0.506. The highest BCUT2D eigenvalue weighted by molar-refractivity contribution is 5.78. The van der Waals surface area contributed by atoms with Crippen molar-refractivity contribution in [3.63, 3.8) is 0 Å². The molecule has 1 heterocycles. The van der Waals surface area contributed by atoms with Crippen LogP contribution in [0.25, 0.3) is 10.9 Å². The molecule has 65 valence electrons. The molecule has 0 bridgehead atoms. The predicted molar refractivity (Wildman–Crippen MR) is 51.2 cm³/mol. The summed E-state index contributed by atoms with van der Waals surface area (Å²) >= 11 is 0. The normalized spacial score (nSPS) is 13.1. The highest BCUT2D eigenvalue weighted by Gasteiger charge is 2.02. The molecule has 1 atom stereocenters. The van der Waals surface area contributed by atoms with Crippen molar-refractivity contribution in [1.82, 2.24) is 4.98 Å². The number of aromatic nitrogens is 1. The first-order chi connectivity index (χ1) is 6.27. The van der Waals surface area contributed by atoms with Crippen molar-refractivity contribution in [2.45, 2.75) is 13.0 Å². The van der Waals surface area contributed by atoms with E-state index in [1.807, 2.05) is 30.3 Å². The summed E-state index contributed by atoms with van der Waals surface area (Å²) in [5.74, 6) is 0. The summed E-state index contributed by atoms with van der Waals surface area (Å²) in [6, 6.07) is 12.4. The first-order valence-electron chi connectivity index (χ1n) is 4.22. The smallest absolute Gasteiger partial charge is 0.0932 e. The Bertz CT molecular complexity index is 423. The summed E-state index contributed by atoms with van der Waals surface area (Å²) in [7, 11) is 0. The van der Waals surface area contributed by atoms with Gasteiger partial charge < -0.3 is 5.11 Å². The molecule has 2 nitrogen and oxygen atoms in total. The van der Waals surface area contributed by atoms with Gasteiger partial charge in [0.15, 0.2) is 0 Å². The molecule has 2 heteroatoms. The molecule has 1 aromatic carbocycles. The van der Waals surface area contributed by atoms with E-state index in [2.05, 4.69) is 11.1 Å². The Morgan fingerprint density at radius 1 is 1.38 bits per heavy atom. The molecule has 0 saturated heterocycles. The van der Waals surface area contributed by atoms with Crippen molar-refractivity contribution >= 4 is 10.9 Å². The van der Waals surface area contributed by atoms with Crippen molar-refractivity contribution in [2.75, 3.05) is 0 Å². The van der Waals surface area contributed by atoms with E-state index in [1.54, 1.807) is 6.92 Å². The molecule has 1 radical (unpaired) electrons. The Morgan fingerprint density at radius 3 is 3.00 bits per heavy atom. The lowest BCUT2D eigenvalue weighted by Crippen LogP contribution is -1.94. The zero-order valence-electron chi connectivity index (χ0n) is 7.36. The van der Waals surface area contributed by atoms with E-state index in [0.29, 0.717) is 5.69 Å². The van der Waals surface area contributed by atoms with Crippen LogP contribution in [-0.2, 0) is 0 Å². The maximum atomic E-state index is 9.31. The van der Waals surface area contributed by atoms with Crippen LogP contribution in [0.4, 0.5) is 0 Å². The van der Waals surface area contributed by atoms with Crippen molar-refractivity contribution in [2.24, 2.45) is 0 Å². The number of aliphatic hydroxyl groups excluding tert-OH is 1. The van der Waals surface area contributed by atoms with E-state index in [0.717, 1.165) is 10.9 Å². The fourth-order valence-electron chi connectivity index (χ4n) is 1.25. The van der Waals surface area contributed by atoms with Crippen LogP contribution in [-0.4, -0.2) is 10.1 Å². The molecule has 0 amide bonds. The molecule has 0 spiro atoms. The van der Waals surface area contributed by atoms with Gasteiger partial charge in [-0.05, 0) is 31.2 Å². The van der Waals surface area contributed by atoms with Gasteiger partial charge in [0.05, 0.1) is 17.3 Å². The molecule has 2 aromatic rings. The highest BCUT2D eigenvalue weighted by Crippen LogP contribution is 2.15. The largest absolute Gasteiger partial charge is 0.387 e. The number of pyridine rings is 1. The Kier molecular flexibility index (Phi) is 1.99. The molecule has 1 N–H and O–H groups in total. The van der Waals surface area contributed by atoms with Crippen LogP contribution in [0.5, 0.6) is 0 Å². The van der Waals surface area contributed by atoms with Crippen LogP contribution in [0.15, 0.2) is 30.3 Å². The van der Waals surface area contributed by atoms with Crippen LogP contribution in [0.2, 0.25) is 0 Å². The molecule has 0 aliphatic heterocycles. The van der Waals surface area contributed by atoms with Crippen LogP contribution in [0.1, 0.15) is 18.7 Å². The van der Waals surface area contributed by atoms with Crippen LogP contribution >= 0.6 is 0 Å². The van der Waals surface area contributed by atoms with Crippen LogP contribution < -0.4 is 0 Å². The van der Waals surface area contributed by atoms with Crippen molar-refractivity contribution < 1.29 is 5.11 Å². The number of benzene rings is 1. The SMILES string of the molecule is CC(O)c1ccc2c[c]ccc2n1. The average molecular weight is 172 g/mol. The van der Waals surface area contributed by atoms with Gasteiger partial charge in [0, 0.05) is 5.39 Å². The minimum Gasteiger partial charge on any atom is -0.387 e. The lowest BCUT2D eigenvalue weighted by molar-refractivity contribution is 0.195. The topological polar surface area (TPSA) is 33.1 Å². The number of hydrogen-bond donors (Lipinski definition) is 1. The Labute approximate surface area is 76.9 Å². The zero-order chi connectivity index (χ0) is 9.26. The molecule has 2 rings (SSSR count). The number of rotatable bonds is 1. The van der Waals surface area contributed by atoms with Crippen molar-refractivity contribution in [3.8, 4) is 0 Å². The molecular weight excluding hydrogens is 162 g/mol. The van der Waals surface area contributed by atoms with Gasteiger partial charge in [-0.1, -0.05) is 12.1 Å². The minimum atomic E-state index is -0.506. The maximum absolute atomic E-state index is 9.31. The second kappa shape index (κ2) is 3.15. The van der Waals surface area contributed by atoms with Crippen LogP contribution in [0, 0.1) is 6.07 Å². The van der Waals surface area contributed by atoms with Gasteiger partial charge in [0.2, 0.25) is 0 Å². The fraction of sp³-hybridized carbons (Fsp3) is 0.182. The van der Waals surface area contributed by atoms with E-state index in [9.17, 15) is 5.11 Å². The number of nitrogens with zero attached hydrogens (tertiary/aromatic N) is 1. The molecule has 1 aromatic heterocycles. The third-order valence-corrected chi connectivity index (χ3v) is 1.98. The second-order valence-corrected chi connectivity index (χ2v) is 3.03. The Hall–Kier alpha value is -1.41. The second-order valence-electron chi connectivity index (χ2n) is 3.03. The standard InChI is InChI=1S/C11H10NO/c1-8(13)10-7-6-9-4-2-3-5-11(9)12-10/h3-8,13H,1H3. The van der Waals surface area contributed by atoms with E-state index in [-0.39, 0.29) is 0 Å². The molecule has 1 unspecified atom stereocenters. The highest BCUT2D eigenvalue weighted by atomic mass is 16.3. The summed E-state index contributed by atoms with van der Waals surface area (Å²) in [5, 5.41) is 10.4. The quantitative estimate of drug-likeness (QED) is 0.714. The van der Waals surface area contributed by atoms with E-state index >= 15 is 0 Å². The molecule has 0 aliphatic rings. The summed E-state index contributed by atoms with van der Waals surface area (Å²) in [6.45, 7) is 1.71. The monoisotopic (exact) mass is 172 g/mol. The predicted octanol–water partition coefficient (Wildman–Crippen LogP) is 2.09. The lowest BCUT2D eigenvalue weighted by Gasteiger charge is -2.04. The van der Waals surface area contributed by atoms with E-state index < -0.39 is 6.10 Å². The first kappa shape index (κ1) is 8.20. The zero-order valence-corrected chi connectivity index (χ0v) is 7.36. The lowest BCUT2D eigenvalue weighted by atomic mass is 10.2. The van der Waals surface area contributed by atoms with E-state index in [1.165, 1.54) is 0 Å². The molecule has 0 fully saturated rings. The molecule has 13 heavy (non-hydrogen) atoms. The van der Waals surface area contributed by atoms with Crippen molar-refractivity contribution in [3.05, 3.63) is 42.1 Å². The molecule has 0 saturated carbocycles. The summed E-state index contributed by atoms with van der Waals surface area (Å²) in [4.78, 5) is 4.30. The van der Waals surface area contributed by atoms with Gasteiger partial charge in [0.25, 0.3) is 0 Å². The number of fused-ring (bicyclic) bond motifs is 1. The Balaban J connectivity index is 2.62. The third kappa shape index (κ3) is 1.53. The summed E-state index contributed by atoms with van der Waals surface area (Å²) in [5.41, 5.74) is 1.61. The van der Waals surface area contributed by atoms with Crippen LogP contribution in [0.3, 0.4) is 0 Å². The molecule has 0 aliphatic carbocycles. The van der Waals surface area contributed by atoms with Gasteiger partial charge in [0.1, 0.15) is 0 Å². The van der Waals surface area contributed by atoms with Crippen molar-refractivity contribution in [1.29, 1.82) is 0 Å². The van der Waals surface area contributed by atoms with Gasteiger partial charge in [-0.25, -0.2) is 0 Å². The number of hydrogen-bond acceptors (Lipinski definition) is 2. The minimum absolute atomic E-state index is 0.506. The third-order valence-electron chi connectivity index (χ3n) is 1.98.